The number of aryl methyl sites for hydroxylation is 1. The average Bonchev–Trinajstić information content (AvgIpc) is 3.10. The lowest BCUT2D eigenvalue weighted by Crippen LogP contribution is -2.30. The van der Waals surface area contributed by atoms with E-state index in [2.05, 4.69) is 24.3 Å². The first-order valence-electron chi connectivity index (χ1n) is 9.04. The second kappa shape index (κ2) is 8.08. The highest BCUT2D eigenvalue weighted by atomic mass is 16.5. The van der Waals surface area contributed by atoms with E-state index in [9.17, 15) is 4.79 Å². The number of nitrogens with zero attached hydrogens (tertiary/aromatic N) is 1. The number of carbonyl (C=O) groups is 1. The molecule has 1 N–H and O–H groups in total. The zero-order chi connectivity index (χ0) is 19.4. The van der Waals surface area contributed by atoms with E-state index in [-0.39, 0.29) is 5.91 Å². The molecule has 0 saturated heterocycles. The second-order valence-corrected chi connectivity index (χ2v) is 6.89. The molecular formula is C22H24N2O3. The largest absolute Gasteiger partial charge is 0.481 e. The van der Waals surface area contributed by atoms with E-state index in [1.54, 1.807) is 13.0 Å². The van der Waals surface area contributed by atoms with Gasteiger partial charge in [-0.1, -0.05) is 61.5 Å². The summed E-state index contributed by atoms with van der Waals surface area (Å²) in [5.74, 6) is 1.04. The molecule has 0 aliphatic heterocycles. The van der Waals surface area contributed by atoms with E-state index in [0.717, 1.165) is 22.4 Å². The van der Waals surface area contributed by atoms with Crippen LogP contribution in [0.3, 0.4) is 0 Å². The number of amides is 1. The Bertz CT molecular complexity index is 916. The van der Waals surface area contributed by atoms with Crippen LogP contribution in [0.5, 0.6) is 5.75 Å². The van der Waals surface area contributed by atoms with Gasteiger partial charge in [0.25, 0.3) is 5.91 Å². The maximum Gasteiger partial charge on any atom is 0.267 e. The number of anilines is 1. The molecule has 5 nitrogen and oxygen atoms in total. The Kier molecular flexibility index (Phi) is 5.60. The highest BCUT2D eigenvalue weighted by Gasteiger charge is 2.19. The number of hydrogen-bond acceptors (Lipinski definition) is 4. The second-order valence-electron chi connectivity index (χ2n) is 6.89. The number of aromatic nitrogens is 1. The monoisotopic (exact) mass is 364 g/mol. The summed E-state index contributed by atoms with van der Waals surface area (Å²) >= 11 is 0. The Morgan fingerprint density at radius 2 is 1.81 bits per heavy atom. The molecule has 0 saturated carbocycles. The number of nitrogens with one attached hydrogen (secondary N) is 1. The van der Waals surface area contributed by atoms with Gasteiger partial charge in [0.1, 0.15) is 11.4 Å². The van der Waals surface area contributed by atoms with Crippen LogP contribution in [-0.4, -0.2) is 17.2 Å². The van der Waals surface area contributed by atoms with Crippen molar-refractivity contribution in [3.8, 4) is 17.0 Å². The fraction of sp³-hybridized carbons (Fsp3) is 0.273. The van der Waals surface area contributed by atoms with Gasteiger partial charge in [0.15, 0.2) is 6.10 Å². The molecule has 0 unspecified atom stereocenters. The summed E-state index contributed by atoms with van der Waals surface area (Å²) in [7, 11) is 0. The maximum absolute atomic E-state index is 12.5. The summed E-state index contributed by atoms with van der Waals surface area (Å²) in [5.41, 5.74) is 3.75. The Morgan fingerprint density at radius 3 is 2.52 bits per heavy atom. The first-order valence-corrected chi connectivity index (χ1v) is 9.04. The molecule has 0 fully saturated rings. The number of hydrogen-bond donors (Lipinski definition) is 1. The third-order valence-corrected chi connectivity index (χ3v) is 4.29. The highest BCUT2D eigenvalue weighted by Crippen LogP contribution is 2.28. The van der Waals surface area contributed by atoms with Gasteiger partial charge in [0.2, 0.25) is 5.88 Å². The molecule has 0 spiro atoms. The van der Waals surface area contributed by atoms with Crippen molar-refractivity contribution in [3.63, 3.8) is 0 Å². The lowest BCUT2D eigenvalue weighted by atomic mass is 10.0. The van der Waals surface area contributed by atoms with Crippen LogP contribution in [0.2, 0.25) is 0 Å². The Labute approximate surface area is 159 Å². The smallest absolute Gasteiger partial charge is 0.267 e. The van der Waals surface area contributed by atoms with Crippen LogP contribution in [0.25, 0.3) is 11.3 Å². The zero-order valence-corrected chi connectivity index (χ0v) is 16.0. The molecular weight excluding hydrogens is 340 g/mol. The quantitative estimate of drug-likeness (QED) is 0.654. The predicted octanol–water partition coefficient (Wildman–Crippen LogP) is 5.18. The fourth-order valence-corrected chi connectivity index (χ4v) is 2.77. The van der Waals surface area contributed by atoms with Crippen LogP contribution in [0.1, 0.15) is 37.8 Å². The van der Waals surface area contributed by atoms with E-state index in [1.165, 1.54) is 0 Å². The molecule has 3 aromatic rings. The molecule has 1 heterocycles. The van der Waals surface area contributed by atoms with Gasteiger partial charge in [-0.15, -0.1) is 0 Å². The van der Waals surface area contributed by atoms with E-state index in [4.69, 9.17) is 9.26 Å². The molecule has 3 rings (SSSR count). The number of carbonyl (C=O) groups excluding carboxylic acids is 1. The van der Waals surface area contributed by atoms with Crippen molar-refractivity contribution in [3.05, 3.63) is 65.7 Å². The molecule has 2 aromatic carbocycles. The summed E-state index contributed by atoms with van der Waals surface area (Å²) in [6, 6.07) is 17.4. The van der Waals surface area contributed by atoms with E-state index in [1.807, 2.05) is 55.5 Å². The van der Waals surface area contributed by atoms with Gasteiger partial charge in [0.05, 0.1) is 0 Å². The minimum absolute atomic E-state index is 0.290. The van der Waals surface area contributed by atoms with Crippen LogP contribution < -0.4 is 10.1 Å². The third-order valence-electron chi connectivity index (χ3n) is 4.29. The van der Waals surface area contributed by atoms with Gasteiger partial charge in [-0.3, -0.25) is 10.1 Å². The Balaban J connectivity index is 1.69. The number of rotatable bonds is 6. The molecule has 27 heavy (non-hydrogen) atoms. The Hall–Kier alpha value is -3.08. The molecule has 0 aliphatic carbocycles. The molecule has 1 amide bonds. The summed E-state index contributed by atoms with van der Waals surface area (Å²) in [6.07, 6.45) is -0.672. The van der Waals surface area contributed by atoms with Gasteiger partial charge >= 0.3 is 0 Å². The van der Waals surface area contributed by atoms with Gasteiger partial charge < -0.3 is 9.26 Å². The van der Waals surface area contributed by atoms with E-state index in [0.29, 0.717) is 17.5 Å². The standard InChI is InChI=1S/C22H24N2O3/c1-14(2)18-11-10-15(3)12-20(18)26-16(4)22(25)23-21-13-19(24-27-21)17-8-6-5-7-9-17/h5-14,16H,1-4H3,(H,23,25)/t16-/m1/s1. The van der Waals surface area contributed by atoms with Crippen molar-refractivity contribution in [2.45, 2.75) is 39.7 Å². The van der Waals surface area contributed by atoms with Crippen molar-refractivity contribution >= 4 is 11.8 Å². The van der Waals surface area contributed by atoms with Crippen molar-refractivity contribution in [2.24, 2.45) is 0 Å². The molecule has 0 bridgehead atoms. The molecule has 1 atom stereocenters. The lowest BCUT2D eigenvalue weighted by Gasteiger charge is -2.18. The zero-order valence-electron chi connectivity index (χ0n) is 16.0. The lowest BCUT2D eigenvalue weighted by molar-refractivity contribution is -0.122. The summed E-state index contributed by atoms with van der Waals surface area (Å²) in [6.45, 7) is 7.92. The van der Waals surface area contributed by atoms with Crippen LogP contribution in [0.4, 0.5) is 5.88 Å². The fourth-order valence-electron chi connectivity index (χ4n) is 2.77. The van der Waals surface area contributed by atoms with Gasteiger partial charge in [-0.25, -0.2) is 0 Å². The predicted molar refractivity (Wildman–Crippen MR) is 106 cm³/mol. The van der Waals surface area contributed by atoms with Crippen LogP contribution >= 0.6 is 0 Å². The van der Waals surface area contributed by atoms with Crippen LogP contribution in [0, 0.1) is 6.92 Å². The summed E-state index contributed by atoms with van der Waals surface area (Å²) in [5, 5.41) is 6.72. The average molecular weight is 364 g/mol. The van der Waals surface area contributed by atoms with Gasteiger partial charge in [0, 0.05) is 11.6 Å². The van der Waals surface area contributed by atoms with Crippen molar-refractivity contribution in [1.82, 2.24) is 5.16 Å². The van der Waals surface area contributed by atoms with E-state index >= 15 is 0 Å². The summed E-state index contributed by atoms with van der Waals surface area (Å²) in [4.78, 5) is 12.5. The minimum Gasteiger partial charge on any atom is -0.481 e. The third kappa shape index (κ3) is 4.56. The van der Waals surface area contributed by atoms with Gasteiger partial charge in [-0.2, -0.15) is 0 Å². The van der Waals surface area contributed by atoms with Crippen molar-refractivity contribution in [1.29, 1.82) is 0 Å². The minimum atomic E-state index is -0.672. The molecule has 140 valence electrons. The van der Waals surface area contributed by atoms with Crippen LogP contribution in [0.15, 0.2) is 59.1 Å². The van der Waals surface area contributed by atoms with Crippen molar-refractivity contribution in [2.75, 3.05) is 5.32 Å². The Morgan fingerprint density at radius 1 is 1.07 bits per heavy atom. The highest BCUT2D eigenvalue weighted by molar-refractivity contribution is 5.93. The SMILES string of the molecule is Cc1ccc(C(C)C)c(O[C@H](C)C(=O)Nc2cc(-c3ccccc3)no2)c1. The molecule has 0 aliphatic rings. The number of benzene rings is 2. The first-order chi connectivity index (χ1) is 12.9. The maximum atomic E-state index is 12.5. The van der Waals surface area contributed by atoms with Gasteiger partial charge in [-0.05, 0) is 37.0 Å². The molecule has 1 aromatic heterocycles. The van der Waals surface area contributed by atoms with Crippen molar-refractivity contribution < 1.29 is 14.1 Å². The molecule has 5 heteroatoms. The molecule has 0 radical (unpaired) electrons. The van der Waals surface area contributed by atoms with E-state index < -0.39 is 6.10 Å². The topological polar surface area (TPSA) is 64.4 Å². The normalized spacial score (nSPS) is 12.0. The van der Waals surface area contributed by atoms with Crippen LogP contribution in [-0.2, 0) is 4.79 Å². The number of ether oxygens (including phenoxy) is 1. The first kappa shape index (κ1) is 18.7. The summed E-state index contributed by atoms with van der Waals surface area (Å²) < 4.78 is 11.2.